The maximum atomic E-state index is 12.6. The summed E-state index contributed by atoms with van der Waals surface area (Å²) in [5.74, 6) is 2.32. The van der Waals surface area contributed by atoms with Gasteiger partial charge < -0.3 is 20.4 Å². The number of rotatable bonds is 5. The highest BCUT2D eigenvalue weighted by molar-refractivity contribution is 5.81. The molecule has 0 aromatic heterocycles. The van der Waals surface area contributed by atoms with E-state index in [4.69, 9.17) is 0 Å². The van der Waals surface area contributed by atoms with Crippen molar-refractivity contribution < 1.29 is 4.79 Å². The molecule has 4 aliphatic rings. The molecule has 0 bridgehead atoms. The summed E-state index contributed by atoms with van der Waals surface area (Å²) in [5, 5.41) is 7.07. The fraction of sp³-hybridized carbons (Fsp3) is 0.900. The van der Waals surface area contributed by atoms with Crippen LogP contribution in [0, 0.1) is 11.8 Å². The fourth-order valence-electron chi connectivity index (χ4n) is 4.94. The van der Waals surface area contributed by atoms with Crippen molar-refractivity contribution in [2.75, 3.05) is 39.8 Å². The summed E-state index contributed by atoms with van der Waals surface area (Å²) in [6.45, 7) is 5.23. The number of nitrogens with one attached hydrogen (secondary N) is 2. The van der Waals surface area contributed by atoms with Gasteiger partial charge in [0, 0.05) is 51.2 Å². The summed E-state index contributed by atoms with van der Waals surface area (Å²) in [4.78, 5) is 21.7. The minimum absolute atomic E-state index is 0.294. The number of guanidine groups is 1. The topological polar surface area (TPSA) is 60.0 Å². The Balaban J connectivity index is 1.18. The Morgan fingerprint density at radius 1 is 1.04 bits per heavy atom. The molecule has 2 saturated heterocycles. The minimum atomic E-state index is 0.294. The number of aliphatic imine (C=N–C) groups is 1. The fourth-order valence-corrected chi connectivity index (χ4v) is 4.94. The van der Waals surface area contributed by atoms with Gasteiger partial charge in [-0.1, -0.05) is 12.8 Å². The van der Waals surface area contributed by atoms with Crippen molar-refractivity contribution in [3.8, 4) is 0 Å². The Hall–Kier alpha value is -1.30. The molecule has 6 nitrogen and oxygen atoms in total. The van der Waals surface area contributed by atoms with Crippen molar-refractivity contribution in [3.05, 3.63) is 0 Å². The zero-order valence-electron chi connectivity index (χ0n) is 16.3. The predicted molar refractivity (Wildman–Crippen MR) is 104 cm³/mol. The van der Waals surface area contributed by atoms with Gasteiger partial charge in [-0.25, -0.2) is 0 Å². The molecule has 0 radical (unpaired) electrons. The lowest BCUT2D eigenvalue weighted by atomic mass is 10.1. The molecule has 2 saturated carbocycles. The lowest BCUT2D eigenvalue weighted by Crippen LogP contribution is -2.46. The van der Waals surface area contributed by atoms with Gasteiger partial charge >= 0.3 is 0 Å². The highest BCUT2D eigenvalue weighted by Crippen LogP contribution is 2.31. The van der Waals surface area contributed by atoms with Crippen LogP contribution >= 0.6 is 0 Å². The van der Waals surface area contributed by atoms with Gasteiger partial charge in [-0.05, 0) is 51.0 Å². The largest absolute Gasteiger partial charge is 0.356 e. The van der Waals surface area contributed by atoms with Crippen LogP contribution in [0.1, 0.15) is 51.4 Å². The molecule has 146 valence electrons. The third-order valence-electron chi connectivity index (χ3n) is 6.71. The number of likely N-dealkylation sites (tertiary alicyclic amines) is 2. The van der Waals surface area contributed by atoms with E-state index in [0.29, 0.717) is 17.9 Å². The van der Waals surface area contributed by atoms with E-state index in [-0.39, 0.29) is 0 Å². The first-order valence-electron chi connectivity index (χ1n) is 10.7. The van der Waals surface area contributed by atoms with Crippen LogP contribution in [-0.4, -0.2) is 73.5 Å². The van der Waals surface area contributed by atoms with Crippen molar-refractivity contribution in [3.63, 3.8) is 0 Å². The van der Waals surface area contributed by atoms with E-state index in [1.165, 1.54) is 45.2 Å². The number of hydrogen-bond acceptors (Lipinski definition) is 3. The highest BCUT2D eigenvalue weighted by Gasteiger charge is 2.35. The summed E-state index contributed by atoms with van der Waals surface area (Å²) >= 11 is 0. The minimum Gasteiger partial charge on any atom is -0.356 e. The van der Waals surface area contributed by atoms with Crippen molar-refractivity contribution in [2.24, 2.45) is 16.8 Å². The lowest BCUT2D eigenvalue weighted by Gasteiger charge is -2.22. The van der Waals surface area contributed by atoms with Crippen LogP contribution in [0.5, 0.6) is 0 Å². The van der Waals surface area contributed by atoms with Gasteiger partial charge in [0.05, 0.1) is 0 Å². The molecule has 4 rings (SSSR count). The number of amides is 1. The molecule has 0 spiro atoms. The number of carbonyl (C=O) groups is 1. The molecule has 2 aliphatic carbocycles. The van der Waals surface area contributed by atoms with Crippen LogP contribution in [0.3, 0.4) is 0 Å². The zero-order chi connectivity index (χ0) is 17.9. The second kappa shape index (κ2) is 8.15. The molecule has 6 heteroatoms. The van der Waals surface area contributed by atoms with Gasteiger partial charge in [0.15, 0.2) is 5.96 Å². The Labute approximate surface area is 157 Å². The molecule has 2 aliphatic heterocycles. The third-order valence-corrected chi connectivity index (χ3v) is 6.71. The Morgan fingerprint density at radius 3 is 2.58 bits per heavy atom. The quantitative estimate of drug-likeness (QED) is 0.574. The van der Waals surface area contributed by atoms with Crippen LogP contribution < -0.4 is 10.6 Å². The molecule has 2 unspecified atom stereocenters. The van der Waals surface area contributed by atoms with Crippen LogP contribution in [-0.2, 0) is 4.79 Å². The molecule has 2 N–H and O–H groups in total. The number of carbonyl (C=O) groups excluding carboxylic acids is 1. The van der Waals surface area contributed by atoms with E-state index >= 15 is 0 Å². The molecule has 4 fully saturated rings. The van der Waals surface area contributed by atoms with Crippen molar-refractivity contribution in [1.82, 2.24) is 20.4 Å². The third kappa shape index (κ3) is 4.33. The van der Waals surface area contributed by atoms with E-state index in [2.05, 4.69) is 25.4 Å². The standard InChI is InChI=1S/C20H35N5O/c1-21-20(22-12-15-8-10-24(13-15)18-6-7-18)23-17-9-11-25(14-17)19(26)16-4-2-3-5-16/h15-18H,2-14H2,1H3,(H2,21,22,23). The molecule has 1 amide bonds. The summed E-state index contributed by atoms with van der Waals surface area (Å²) < 4.78 is 0. The van der Waals surface area contributed by atoms with Crippen molar-refractivity contribution in [2.45, 2.75) is 63.5 Å². The van der Waals surface area contributed by atoms with Crippen LogP contribution in [0.25, 0.3) is 0 Å². The van der Waals surface area contributed by atoms with E-state index in [1.807, 2.05) is 7.05 Å². The monoisotopic (exact) mass is 361 g/mol. The Bertz CT molecular complexity index is 526. The van der Waals surface area contributed by atoms with Gasteiger partial charge in [0.2, 0.25) is 5.91 Å². The second-order valence-electron chi connectivity index (χ2n) is 8.73. The van der Waals surface area contributed by atoms with Gasteiger partial charge in [-0.15, -0.1) is 0 Å². The average molecular weight is 362 g/mol. The maximum Gasteiger partial charge on any atom is 0.225 e. The van der Waals surface area contributed by atoms with Gasteiger partial charge in [0.1, 0.15) is 0 Å². The lowest BCUT2D eigenvalue weighted by molar-refractivity contribution is -0.134. The second-order valence-corrected chi connectivity index (χ2v) is 8.73. The molecule has 0 aromatic carbocycles. The van der Waals surface area contributed by atoms with E-state index in [1.54, 1.807) is 0 Å². The van der Waals surface area contributed by atoms with Crippen LogP contribution in [0.2, 0.25) is 0 Å². The zero-order valence-corrected chi connectivity index (χ0v) is 16.3. The average Bonchev–Trinajstić information content (AvgIpc) is 3.11. The Kier molecular flexibility index (Phi) is 5.67. The molecule has 2 heterocycles. The first-order chi connectivity index (χ1) is 12.7. The van der Waals surface area contributed by atoms with Crippen molar-refractivity contribution in [1.29, 1.82) is 0 Å². The summed E-state index contributed by atoms with van der Waals surface area (Å²) in [6, 6.07) is 1.22. The summed E-state index contributed by atoms with van der Waals surface area (Å²) in [5.41, 5.74) is 0. The first kappa shape index (κ1) is 18.1. The van der Waals surface area contributed by atoms with E-state index < -0.39 is 0 Å². The molecular weight excluding hydrogens is 326 g/mol. The number of hydrogen-bond donors (Lipinski definition) is 2. The van der Waals surface area contributed by atoms with E-state index in [9.17, 15) is 4.79 Å². The highest BCUT2D eigenvalue weighted by atomic mass is 16.2. The van der Waals surface area contributed by atoms with Crippen molar-refractivity contribution >= 4 is 11.9 Å². The van der Waals surface area contributed by atoms with Gasteiger partial charge in [-0.2, -0.15) is 0 Å². The SMILES string of the molecule is CN=C(NCC1CCN(C2CC2)C1)NC1CCN(C(=O)C2CCCC2)C1. The maximum absolute atomic E-state index is 12.6. The molecule has 26 heavy (non-hydrogen) atoms. The van der Waals surface area contributed by atoms with Crippen LogP contribution in [0.4, 0.5) is 0 Å². The normalized spacial score (nSPS) is 31.0. The first-order valence-corrected chi connectivity index (χ1v) is 10.7. The molecule has 0 aromatic rings. The smallest absolute Gasteiger partial charge is 0.225 e. The summed E-state index contributed by atoms with van der Waals surface area (Å²) in [7, 11) is 1.84. The Morgan fingerprint density at radius 2 is 1.85 bits per heavy atom. The van der Waals surface area contributed by atoms with Gasteiger partial charge in [-0.3, -0.25) is 9.79 Å². The molecular formula is C20H35N5O. The summed E-state index contributed by atoms with van der Waals surface area (Å²) in [6.07, 6.45) is 9.77. The van der Waals surface area contributed by atoms with Crippen LogP contribution in [0.15, 0.2) is 4.99 Å². The number of nitrogens with zero attached hydrogens (tertiary/aromatic N) is 3. The molecule has 2 atom stereocenters. The van der Waals surface area contributed by atoms with Gasteiger partial charge in [0.25, 0.3) is 0 Å². The van der Waals surface area contributed by atoms with E-state index in [0.717, 1.165) is 56.8 Å². The predicted octanol–water partition coefficient (Wildman–Crippen LogP) is 1.43.